The summed E-state index contributed by atoms with van der Waals surface area (Å²) in [7, 11) is 0. The predicted molar refractivity (Wildman–Crippen MR) is 110 cm³/mol. The fourth-order valence-corrected chi connectivity index (χ4v) is 2.59. The molecule has 0 aromatic heterocycles. The van der Waals surface area contributed by atoms with Crippen LogP contribution >= 0.6 is 0 Å². The molecule has 2 atom stereocenters. The maximum absolute atomic E-state index is 3.81. The lowest BCUT2D eigenvalue weighted by atomic mass is 9.94. The molecule has 0 saturated carbocycles. The maximum atomic E-state index is 3.81. The minimum atomic E-state index is 0.638. The maximum Gasteiger partial charge on any atom is -0.0187 e. The quantitative estimate of drug-likeness (QED) is 0.512. The topological polar surface area (TPSA) is 0 Å². The Morgan fingerprint density at radius 1 is 0.833 bits per heavy atom. The Bertz CT molecular complexity index is 636. The van der Waals surface area contributed by atoms with E-state index in [-0.39, 0.29) is 0 Å². The SMILES string of the molecule is C=Cc1cccc(C(C)CC)c1.C=Cc1ccccc1C(C)CC. The molecule has 2 rings (SSSR count). The first kappa shape index (κ1) is 20.0. The smallest absolute Gasteiger partial charge is 0.0187 e. The van der Waals surface area contributed by atoms with Gasteiger partial charge in [-0.05, 0) is 46.9 Å². The van der Waals surface area contributed by atoms with Gasteiger partial charge >= 0.3 is 0 Å². The summed E-state index contributed by atoms with van der Waals surface area (Å²) in [6.45, 7) is 16.5. The van der Waals surface area contributed by atoms with E-state index < -0.39 is 0 Å². The molecule has 0 saturated heterocycles. The van der Waals surface area contributed by atoms with Crippen LogP contribution in [0.5, 0.6) is 0 Å². The van der Waals surface area contributed by atoms with Crippen LogP contribution in [0.25, 0.3) is 12.2 Å². The van der Waals surface area contributed by atoms with Crippen LogP contribution in [0.4, 0.5) is 0 Å². The minimum Gasteiger partial charge on any atom is -0.0985 e. The van der Waals surface area contributed by atoms with Gasteiger partial charge in [-0.2, -0.15) is 0 Å². The highest BCUT2D eigenvalue weighted by Gasteiger charge is 2.04. The van der Waals surface area contributed by atoms with Gasteiger partial charge in [0.1, 0.15) is 0 Å². The van der Waals surface area contributed by atoms with Crippen LogP contribution in [-0.4, -0.2) is 0 Å². The number of hydrogen-bond acceptors (Lipinski definition) is 0. The molecule has 0 aliphatic rings. The molecule has 0 heterocycles. The van der Waals surface area contributed by atoms with Crippen LogP contribution in [0, 0.1) is 0 Å². The standard InChI is InChI=1S/2C12H16/c1-4-10(3)12-8-6-7-11(5-2)9-12;1-4-10(3)12-9-7-6-8-11(12)5-2/h2*5-10H,2,4H2,1,3H3. The summed E-state index contributed by atoms with van der Waals surface area (Å²) in [6.07, 6.45) is 6.21. The summed E-state index contributed by atoms with van der Waals surface area (Å²) in [4.78, 5) is 0. The Morgan fingerprint density at radius 2 is 1.50 bits per heavy atom. The molecule has 0 N–H and O–H groups in total. The zero-order valence-corrected chi connectivity index (χ0v) is 15.8. The molecule has 0 aliphatic carbocycles. The van der Waals surface area contributed by atoms with Crippen LogP contribution in [0.15, 0.2) is 61.7 Å². The largest absolute Gasteiger partial charge is 0.0985 e. The molecular weight excluding hydrogens is 288 g/mol. The third kappa shape index (κ3) is 5.85. The van der Waals surface area contributed by atoms with Crippen molar-refractivity contribution in [3.05, 3.63) is 83.9 Å². The highest BCUT2D eigenvalue weighted by atomic mass is 14.1. The number of hydrogen-bond donors (Lipinski definition) is 0. The average molecular weight is 321 g/mol. The second-order valence-corrected chi connectivity index (χ2v) is 6.33. The summed E-state index contributed by atoms with van der Waals surface area (Å²) in [6, 6.07) is 17.0. The van der Waals surface area contributed by atoms with E-state index in [2.05, 4.69) is 89.4 Å². The first-order valence-electron chi connectivity index (χ1n) is 9.01. The third-order valence-corrected chi connectivity index (χ3v) is 4.69. The summed E-state index contributed by atoms with van der Waals surface area (Å²) in [5, 5.41) is 0. The lowest BCUT2D eigenvalue weighted by Crippen LogP contribution is -1.93. The zero-order valence-electron chi connectivity index (χ0n) is 15.8. The first-order valence-corrected chi connectivity index (χ1v) is 9.01. The Hall–Kier alpha value is -2.08. The van der Waals surface area contributed by atoms with Gasteiger partial charge in [-0.3, -0.25) is 0 Å². The van der Waals surface area contributed by atoms with Gasteiger partial charge in [-0.1, -0.05) is 102 Å². The van der Waals surface area contributed by atoms with Crippen molar-refractivity contribution in [1.29, 1.82) is 0 Å². The van der Waals surface area contributed by atoms with Gasteiger partial charge in [0.15, 0.2) is 0 Å². The molecule has 2 aromatic rings. The Labute approximate surface area is 148 Å². The predicted octanol–water partition coefficient (Wildman–Crippen LogP) is 7.69. The second-order valence-electron chi connectivity index (χ2n) is 6.33. The Morgan fingerprint density at radius 3 is 2.08 bits per heavy atom. The molecule has 128 valence electrons. The van der Waals surface area contributed by atoms with E-state index >= 15 is 0 Å². The second kappa shape index (κ2) is 10.6. The minimum absolute atomic E-state index is 0.638. The monoisotopic (exact) mass is 320 g/mol. The van der Waals surface area contributed by atoms with Crippen LogP contribution in [0.2, 0.25) is 0 Å². The molecule has 0 amide bonds. The van der Waals surface area contributed by atoms with Gasteiger partial charge in [-0.25, -0.2) is 0 Å². The van der Waals surface area contributed by atoms with Gasteiger partial charge in [-0.15, -0.1) is 0 Å². The highest BCUT2D eigenvalue weighted by Crippen LogP contribution is 2.23. The van der Waals surface area contributed by atoms with Crippen molar-refractivity contribution in [2.75, 3.05) is 0 Å². The summed E-state index contributed by atoms with van der Waals surface area (Å²) < 4.78 is 0. The normalized spacial score (nSPS) is 12.5. The molecule has 0 aliphatic heterocycles. The fraction of sp³-hybridized carbons (Fsp3) is 0.333. The highest BCUT2D eigenvalue weighted by molar-refractivity contribution is 5.52. The zero-order chi connectivity index (χ0) is 17.9. The van der Waals surface area contributed by atoms with Gasteiger partial charge in [0.05, 0.1) is 0 Å². The van der Waals surface area contributed by atoms with Crippen molar-refractivity contribution >= 4 is 12.2 Å². The van der Waals surface area contributed by atoms with Crippen LogP contribution in [0.1, 0.15) is 74.6 Å². The molecule has 24 heavy (non-hydrogen) atoms. The van der Waals surface area contributed by atoms with Gasteiger partial charge in [0.25, 0.3) is 0 Å². The third-order valence-electron chi connectivity index (χ3n) is 4.69. The van der Waals surface area contributed by atoms with Crippen molar-refractivity contribution in [2.45, 2.75) is 52.4 Å². The molecular formula is C24H32. The van der Waals surface area contributed by atoms with Crippen molar-refractivity contribution < 1.29 is 0 Å². The van der Waals surface area contributed by atoms with Gasteiger partial charge < -0.3 is 0 Å². The van der Waals surface area contributed by atoms with E-state index in [9.17, 15) is 0 Å². The van der Waals surface area contributed by atoms with Crippen molar-refractivity contribution in [3.8, 4) is 0 Å². The molecule has 0 nitrogen and oxygen atoms in total. The molecule has 0 spiro atoms. The van der Waals surface area contributed by atoms with E-state index in [1.807, 2.05) is 12.2 Å². The first-order chi connectivity index (χ1) is 11.6. The van der Waals surface area contributed by atoms with Crippen LogP contribution in [-0.2, 0) is 0 Å². The average Bonchev–Trinajstić information content (AvgIpc) is 2.67. The van der Waals surface area contributed by atoms with E-state index in [0.717, 1.165) is 0 Å². The Kier molecular flexibility index (Phi) is 8.86. The van der Waals surface area contributed by atoms with Crippen molar-refractivity contribution in [3.63, 3.8) is 0 Å². The van der Waals surface area contributed by atoms with Crippen molar-refractivity contribution in [2.24, 2.45) is 0 Å². The summed E-state index contributed by atoms with van der Waals surface area (Å²) >= 11 is 0. The van der Waals surface area contributed by atoms with E-state index in [4.69, 9.17) is 0 Å². The van der Waals surface area contributed by atoms with E-state index in [1.165, 1.54) is 35.1 Å². The van der Waals surface area contributed by atoms with Gasteiger partial charge in [0, 0.05) is 0 Å². The lowest BCUT2D eigenvalue weighted by Gasteiger charge is -2.11. The molecule has 2 unspecified atom stereocenters. The lowest BCUT2D eigenvalue weighted by molar-refractivity contribution is 0.732. The Balaban J connectivity index is 0.000000240. The molecule has 2 aromatic carbocycles. The molecule has 0 bridgehead atoms. The fourth-order valence-electron chi connectivity index (χ4n) is 2.59. The van der Waals surface area contributed by atoms with E-state index in [1.54, 1.807) is 0 Å². The number of benzene rings is 2. The number of rotatable bonds is 6. The van der Waals surface area contributed by atoms with E-state index in [0.29, 0.717) is 11.8 Å². The van der Waals surface area contributed by atoms with Gasteiger partial charge in [0.2, 0.25) is 0 Å². The van der Waals surface area contributed by atoms with Crippen LogP contribution in [0.3, 0.4) is 0 Å². The van der Waals surface area contributed by atoms with Crippen LogP contribution < -0.4 is 0 Å². The molecule has 0 radical (unpaired) electrons. The molecule has 0 fully saturated rings. The van der Waals surface area contributed by atoms with Crippen molar-refractivity contribution in [1.82, 2.24) is 0 Å². The summed E-state index contributed by atoms with van der Waals surface area (Å²) in [5.41, 5.74) is 5.31. The molecule has 0 heteroatoms. The summed E-state index contributed by atoms with van der Waals surface area (Å²) in [5.74, 6) is 1.30.